The second-order valence-electron chi connectivity index (χ2n) is 2.41. The fourth-order valence-electron chi connectivity index (χ4n) is 0.658. The first-order valence-electron chi connectivity index (χ1n) is 3.26. The molecule has 58 valence electrons. The van der Waals surface area contributed by atoms with Gasteiger partial charge in [-0.1, -0.05) is 6.58 Å². The third kappa shape index (κ3) is 1.61. The van der Waals surface area contributed by atoms with E-state index in [2.05, 4.69) is 16.5 Å². The molecule has 0 aromatic carbocycles. The largest absolute Gasteiger partial charge is 0.234 e. The minimum atomic E-state index is -0.380. The Morgan fingerprint density at radius 2 is 2.27 bits per heavy atom. The highest BCUT2D eigenvalue weighted by Gasteiger charge is 2.01. The highest BCUT2D eigenvalue weighted by molar-refractivity contribution is 5.53. The number of aromatic nitrogens is 2. The summed E-state index contributed by atoms with van der Waals surface area (Å²) >= 11 is 0. The van der Waals surface area contributed by atoms with Crippen LogP contribution < -0.4 is 0 Å². The molecule has 0 bridgehead atoms. The topological polar surface area (TPSA) is 25.8 Å². The van der Waals surface area contributed by atoms with Crippen LogP contribution in [-0.2, 0) is 0 Å². The lowest BCUT2D eigenvalue weighted by molar-refractivity contribution is 0.600. The standard InChI is InChI=1S/C8H9FN2/c1-5(2)8-10-4-7(9)6(3)11-8/h4H,1H2,2-3H3. The molecule has 0 unspecified atom stereocenters. The molecule has 1 aromatic rings. The van der Waals surface area contributed by atoms with Crippen molar-refractivity contribution in [1.82, 2.24) is 9.97 Å². The summed E-state index contributed by atoms with van der Waals surface area (Å²) < 4.78 is 12.6. The summed E-state index contributed by atoms with van der Waals surface area (Å²) in [4.78, 5) is 7.64. The van der Waals surface area contributed by atoms with Crippen molar-refractivity contribution in [2.24, 2.45) is 0 Å². The van der Waals surface area contributed by atoms with Gasteiger partial charge in [0.25, 0.3) is 0 Å². The van der Waals surface area contributed by atoms with E-state index >= 15 is 0 Å². The van der Waals surface area contributed by atoms with Crippen LogP contribution in [0.25, 0.3) is 5.57 Å². The molecule has 0 fully saturated rings. The molecule has 0 spiro atoms. The van der Waals surface area contributed by atoms with Gasteiger partial charge in [0.1, 0.15) is 0 Å². The minimum absolute atomic E-state index is 0.359. The van der Waals surface area contributed by atoms with E-state index in [4.69, 9.17) is 0 Å². The molecule has 0 saturated heterocycles. The highest BCUT2D eigenvalue weighted by Crippen LogP contribution is 2.07. The Morgan fingerprint density at radius 3 is 2.73 bits per heavy atom. The summed E-state index contributed by atoms with van der Waals surface area (Å²) in [7, 11) is 0. The van der Waals surface area contributed by atoms with E-state index < -0.39 is 0 Å². The zero-order valence-electron chi connectivity index (χ0n) is 6.56. The summed E-state index contributed by atoms with van der Waals surface area (Å²) in [6.07, 6.45) is 1.16. The number of nitrogens with zero attached hydrogens (tertiary/aromatic N) is 2. The number of rotatable bonds is 1. The van der Waals surface area contributed by atoms with Crippen LogP contribution in [0.2, 0.25) is 0 Å². The Morgan fingerprint density at radius 1 is 1.64 bits per heavy atom. The maximum Gasteiger partial charge on any atom is 0.162 e. The second-order valence-corrected chi connectivity index (χ2v) is 2.41. The predicted molar refractivity (Wildman–Crippen MR) is 41.4 cm³/mol. The molecular formula is C8H9FN2. The zero-order valence-corrected chi connectivity index (χ0v) is 6.56. The normalized spacial score (nSPS) is 9.73. The van der Waals surface area contributed by atoms with Gasteiger partial charge in [0.05, 0.1) is 11.9 Å². The number of aryl methyl sites for hydroxylation is 1. The second kappa shape index (κ2) is 2.78. The third-order valence-corrected chi connectivity index (χ3v) is 1.30. The average Bonchev–Trinajstić information content (AvgIpc) is 1.94. The predicted octanol–water partition coefficient (Wildman–Crippen LogP) is 1.96. The van der Waals surface area contributed by atoms with Crippen molar-refractivity contribution in [3.05, 3.63) is 30.1 Å². The smallest absolute Gasteiger partial charge is 0.162 e. The Kier molecular flexibility index (Phi) is 1.98. The van der Waals surface area contributed by atoms with Crippen LogP contribution in [0.5, 0.6) is 0 Å². The Bertz CT molecular complexity index is 294. The summed E-state index contributed by atoms with van der Waals surface area (Å²) in [5.41, 5.74) is 1.10. The number of halogens is 1. The molecule has 0 amide bonds. The first-order chi connectivity index (χ1) is 5.11. The molecule has 0 saturated carbocycles. The zero-order chi connectivity index (χ0) is 8.43. The Labute approximate surface area is 64.8 Å². The van der Waals surface area contributed by atoms with Crippen LogP contribution >= 0.6 is 0 Å². The van der Waals surface area contributed by atoms with Gasteiger partial charge < -0.3 is 0 Å². The highest BCUT2D eigenvalue weighted by atomic mass is 19.1. The number of allylic oxidation sites excluding steroid dienone is 1. The monoisotopic (exact) mass is 152 g/mol. The van der Waals surface area contributed by atoms with E-state index in [0.29, 0.717) is 11.5 Å². The van der Waals surface area contributed by atoms with Gasteiger partial charge >= 0.3 is 0 Å². The molecule has 11 heavy (non-hydrogen) atoms. The molecule has 1 heterocycles. The lowest BCUT2D eigenvalue weighted by atomic mass is 10.3. The van der Waals surface area contributed by atoms with Gasteiger partial charge in [-0.25, -0.2) is 14.4 Å². The van der Waals surface area contributed by atoms with E-state index in [1.807, 2.05) is 0 Å². The van der Waals surface area contributed by atoms with E-state index in [1.165, 1.54) is 0 Å². The third-order valence-electron chi connectivity index (χ3n) is 1.30. The molecule has 0 aliphatic heterocycles. The van der Waals surface area contributed by atoms with E-state index in [9.17, 15) is 4.39 Å². The molecule has 0 radical (unpaired) electrons. The molecule has 0 aliphatic carbocycles. The van der Waals surface area contributed by atoms with Crippen LogP contribution in [-0.4, -0.2) is 9.97 Å². The molecule has 2 nitrogen and oxygen atoms in total. The molecule has 3 heteroatoms. The number of hydrogen-bond donors (Lipinski definition) is 0. The van der Waals surface area contributed by atoms with Crippen molar-refractivity contribution < 1.29 is 4.39 Å². The summed E-state index contributed by atoms with van der Waals surface area (Å²) in [6.45, 7) is 7.03. The fourth-order valence-corrected chi connectivity index (χ4v) is 0.658. The van der Waals surface area contributed by atoms with Crippen molar-refractivity contribution in [1.29, 1.82) is 0 Å². The van der Waals surface area contributed by atoms with Crippen LogP contribution in [0.15, 0.2) is 12.8 Å². The molecule has 0 aliphatic rings. The summed E-state index contributed by atoms with van der Waals surface area (Å²) in [5, 5.41) is 0. The quantitative estimate of drug-likeness (QED) is 0.614. The van der Waals surface area contributed by atoms with Gasteiger partial charge in [-0.2, -0.15) is 0 Å². The fraction of sp³-hybridized carbons (Fsp3) is 0.250. The maximum atomic E-state index is 12.6. The molecular weight excluding hydrogens is 143 g/mol. The van der Waals surface area contributed by atoms with Crippen molar-refractivity contribution in [3.8, 4) is 0 Å². The molecule has 0 atom stereocenters. The first kappa shape index (κ1) is 7.85. The van der Waals surface area contributed by atoms with Crippen LogP contribution in [0.3, 0.4) is 0 Å². The molecule has 1 aromatic heterocycles. The van der Waals surface area contributed by atoms with Crippen LogP contribution in [0.1, 0.15) is 18.4 Å². The van der Waals surface area contributed by atoms with Crippen molar-refractivity contribution in [3.63, 3.8) is 0 Å². The van der Waals surface area contributed by atoms with E-state index in [0.717, 1.165) is 11.8 Å². The maximum absolute atomic E-state index is 12.6. The lowest BCUT2D eigenvalue weighted by Crippen LogP contribution is -1.96. The van der Waals surface area contributed by atoms with Gasteiger partial charge in [-0.05, 0) is 19.4 Å². The van der Waals surface area contributed by atoms with Crippen LogP contribution in [0, 0.1) is 12.7 Å². The van der Waals surface area contributed by atoms with Crippen molar-refractivity contribution in [2.45, 2.75) is 13.8 Å². The Hall–Kier alpha value is -1.25. The van der Waals surface area contributed by atoms with Gasteiger partial charge in [0.2, 0.25) is 0 Å². The van der Waals surface area contributed by atoms with Gasteiger partial charge in [-0.15, -0.1) is 0 Å². The van der Waals surface area contributed by atoms with Crippen molar-refractivity contribution in [2.75, 3.05) is 0 Å². The SMILES string of the molecule is C=C(C)c1ncc(F)c(C)n1. The lowest BCUT2D eigenvalue weighted by Gasteiger charge is -1.98. The van der Waals surface area contributed by atoms with Crippen LogP contribution in [0.4, 0.5) is 4.39 Å². The summed E-state index contributed by atoms with van der Waals surface area (Å²) in [5.74, 6) is 0.124. The number of hydrogen-bond acceptors (Lipinski definition) is 2. The first-order valence-corrected chi connectivity index (χ1v) is 3.26. The average molecular weight is 152 g/mol. The van der Waals surface area contributed by atoms with E-state index in [-0.39, 0.29) is 5.82 Å². The van der Waals surface area contributed by atoms with Gasteiger partial charge in [0.15, 0.2) is 11.6 Å². The molecule has 0 N–H and O–H groups in total. The molecule has 1 rings (SSSR count). The van der Waals surface area contributed by atoms with E-state index in [1.54, 1.807) is 13.8 Å². The Balaban J connectivity index is 3.15. The minimum Gasteiger partial charge on any atom is -0.234 e. The summed E-state index contributed by atoms with van der Waals surface area (Å²) in [6, 6.07) is 0. The van der Waals surface area contributed by atoms with Gasteiger partial charge in [0, 0.05) is 0 Å². The van der Waals surface area contributed by atoms with Crippen molar-refractivity contribution >= 4 is 5.57 Å². The van der Waals surface area contributed by atoms with Gasteiger partial charge in [-0.3, -0.25) is 0 Å².